The van der Waals surface area contributed by atoms with Crippen molar-refractivity contribution in [2.75, 3.05) is 44.2 Å². The summed E-state index contributed by atoms with van der Waals surface area (Å²) in [5, 5.41) is 8.72. The van der Waals surface area contributed by atoms with Crippen LogP contribution in [0.15, 0.2) is 28.0 Å². The zero-order valence-corrected chi connectivity index (χ0v) is 27.1. The number of piperazine rings is 1. The number of hydrogen-bond donors (Lipinski definition) is 1. The Morgan fingerprint density at radius 1 is 1.02 bits per heavy atom. The van der Waals surface area contributed by atoms with Gasteiger partial charge in [-0.2, -0.15) is 0 Å². The van der Waals surface area contributed by atoms with Crippen LogP contribution >= 0.6 is 24.0 Å². The van der Waals surface area contributed by atoms with Crippen molar-refractivity contribution >= 4 is 63.8 Å². The summed E-state index contributed by atoms with van der Waals surface area (Å²) < 4.78 is 7.13. The van der Waals surface area contributed by atoms with Crippen molar-refractivity contribution in [2.24, 2.45) is 0 Å². The van der Waals surface area contributed by atoms with Crippen LogP contribution in [0, 0.1) is 6.92 Å². The number of unbranched alkanes of at least 4 members (excludes halogenated alkanes) is 7. The summed E-state index contributed by atoms with van der Waals surface area (Å²) >= 11 is 6.76. The fraction of sp³-hybridized carbons (Fsp3) is 0.548. The molecule has 2 aromatic rings. The van der Waals surface area contributed by atoms with Gasteiger partial charge in [0.1, 0.15) is 15.8 Å². The first kappa shape index (κ1) is 33.4. The summed E-state index contributed by atoms with van der Waals surface area (Å²) in [4.78, 5) is 60.6. The number of carbonyl (C=O) groups excluding carboxylic acids is 2. The molecule has 0 saturated carbocycles. The van der Waals surface area contributed by atoms with Gasteiger partial charge in [-0.1, -0.05) is 68.6 Å². The van der Waals surface area contributed by atoms with Crippen LogP contribution in [0.2, 0.25) is 0 Å². The van der Waals surface area contributed by atoms with Crippen molar-refractivity contribution < 1.29 is 24.2 Å². The highest BCUT2D eigenvalue weighted by Crippen LogP contribution is 2.34. The third-order valence-corrected chi connectivity index (χ3v) is 9.14. The van der Waals surface area contributed by atoms with Crippen molar-refractivity contribution in [1.82, 2.24) is 19.2 Å². The Labute approximate surface area is 267 Å². The van der Waals surface area contributed by atoms with Crippen LogP contribution in [0.5, 0.6) is 0 Å². The highest BCUT2D eigenvalue weighted by molar-refractivity contribution is 8.26. The van der Waals surface area contributed by atoms with E-state index in [0.717, 1.165) is 56.9 Å². The Bertz CT molecular complexity index is 1470. The average Bonchev–Trinajstić information content (AvgIpc) is 3.27. The second kappa shape index (κ2) is 16.0. The number of carboxylic acids is 1. The average molecular weight is 644 g/mol. The molecule has 44 heavy (non-hydrogen) atoms. The number of pyridine rings is 1. The maximum atomic E-state index is 13.8. The molecular weight excluding hydrogens is 603 g/mol. The molecular formula is C31H41N5O6S2. The van der Waals surface area contributed by atoms with Crippen molar-refractivity contribution in [2.45, 2.75) is 71.6 Å². The number of nitrogens with zero attached hydrogens (tertiary/aromatic N) is 5. The van der Waals surface area contributed by atoms with Crippen LogP contribution in [0.25, 0.3) is 11.7 Å². The van der Waals surface area contributed by atoms with Crippen LogP contribution in [0.1, 0.15) is 75.8 Å². The van der Waals surface area contributed by atoms with Crippen molar-refractivity contribution in [3.05, 3.63) is 44.7 Å². The van der Waals surface area contributed by atoms with Crippen LogP contribution in [-0.2, 0) is 14.3 Å². The molecule has 13 heteroatoms. The normalized spacial score (nSPS) is 16.4. The van der Waals surface area contributed by atoms with Crippen molar-refractivity contribution in [3.63, 3.8) is 0 Å². The number of thiocarbonyl (C=S) groups is 1. The van der Waals surface area contributed by atoms with E-state index >= 15 is 0 Å². The maximum Gasteiger partial charge on any atom is 0.409 e. The fourth-order valence-electron chi connectivity index (χ4n) is 5.36. The van der Waals surface area contributed by atoms with Crippen LogP contribution in [-0.4, -0.2) is 85.9 Å². The summed E-state index contributed by atoms with van der Waals surface area (Å²) in [6.07, 6.45) is 11.0. The molecule has 2 aliphatic heterocycles. The van der Waals surface area contributed by atoms with Crippen molar-refractivity contribution in [3.8, 4) is 0 Å². The molecule has 2 amide bonds. The lowest BCUT2D eigenvalue weighted by atomic mass is 10.1. The SMILES string of the molecule is CCOC(=O)N1CCN(c2nc3ccc(C)cn3c(=O)c2C=C2SC(=S)N(CCCCCCCCCCC(=O)O)C2=O)CC1. The first-order valence-corrected chi connectivity index (χ1v) is 16.6. The van der Waals surface area contributed by atoms with E-state index in [1.807, 2.05) is 17.9 Å². The highest BCUT2D eigenvalue weighted by Gasteiger charge is 2.33. The van der Waals surface area contributed by atoms with Gasteiger partial charge in [0.05, 0.1) is 17.1 Å². The molecule has 2 saturated heterocycles. The molecule has 1 N–H and O–H groups in total. The van der Waals surface area contributed by atoms with Gasteiger partial charge in [-0.15, -0.1) is 0 Å². The monoisotopic (exact) mass is 643 g/mol. The van der Waals surface area contributed by atoms with E-state index in [-0.39, 0.29) is 24.0 Å². The molecule has 0 atom stereocenters. The predicted molar refractivity (Wildman–Crippen MR) is 176 cm³/mol. The van der Waals surface area contributed by atoms with E-state index < -0.39 is 5.97 Å². The quantitative estimate of drug-likeness (QED) is 0.169. The lowest BCUT2D eigenvalue weighted by Gasteiger charge is -2.35. The number of ether oxygens (including phenoxy) is 1. The zero-order chi connectivity index (χ0) is 31.6. The topological polar surface area (TPSA) is 125 Å². The van der Waals surface area contributed by atoms with E-state index in [1.165, 1.54) is 16.2 Å². The molecule has 4 rings (SSSR count). The van der Waals surface area contributed by atoms with Gasteiger partial charge in [0.25, 0.3) is 11.5 Å². The van der Waals surface area contributed by atoms with Gasteiger partial charge >= 0.3 is 12.1 Å². The Morgan fingerprint density at radius 2 is 1.68 bits per heavy atom. The number of aromatic nitrogens is 2. The number of carbonyl (C=O) groups is 3. The van der Waals surface area contributed by atoms with Gasteiger partial charge in [-0.05, 0) is 44.4 Å². The maximum absolute atomic E-state index is 13.8. The second-order valence-corrected chi connectivity index (χ2v) is 12.7. The lowest BCUT2D eigenvalue weighted by Crippen LogP contribution is -2.49. The number of aliphatic carboxylic acids is 1. The number of anilines is 1. The third kappa shape index (κ3) is 8.59. The third-order valence-electron chi connectivity index (χ3n) is 7.76. The predicted octanol–water partition coefficient (Wildman–Crippen LogP) is 5.08. The summed E-state index contributed by atoms with van der Waals surface area (Å²) in [7, 11) is 0. The molecule has 2 fully saturated rings. The number of fused-ring (bicyclic) bond motifs is 1. The summed E-state index contributed by atoms with van der Waals surface area (Å²) in [5.74, 6) is -0.459. The van der Waals surface area contributed by atoms with Crippen molar-refractivity contribution in [1.29, 1.82) is 0 Å². The Kier molecular flexibility index (Phi) is 12.2. The first-order chi connectivity index (χ1) is 21.2. The summed E-state index contributed by atoms with van der Waals surface area (Å²) in [5.41, 5.74) is 1.47. The number of rotatable bonds is 14. The number of thioether (sulfide) groups is 1. The van der Waals surface area contributed by atoms with Crippen LogP contribution < -0.4 is 10.5 Å². The Balaban J connectivity index is 1.43. The molecule has 0 radical (unpaired) electrons. The zero-order valence-electron chi connectivity index (χ0n) is 25.5. The van der Waals surface area contributed by atoms with E-state index in [9.17, 15) is 19.2 Å². The minimum absolute atomic E-state index is 0.203. The van der Waals surface area contributed by atoms with E-state index in [2.05, 4.69) is 0 Å². The minimum Gasteiger partial charge on any atom is -0.481 e. The van der Waals surface area contributed by atoms with Gasteiger partial charge in [-0.3, -0.25) is 23.7 Å². The summed E-state index contributed by atoms with van der Waals surface area (Å²) in [6, 6.07) is 3.70. The largest absolute Gasteiger partial charge is 0.481 e. The molecule has 0 unspecified atom stereocenters. The van der Waals surface area contributed by atoms with Crippen LogP contribution in [0.3, 0.4) is 0 Å². The molecule has 238 valence electrons. The Morgan fingerprint density at radius 3 is 2.34 bits per heavy atom. The van der Waals surface area contributed by atoms with Crippen LogP contribution in [0.4, 0.5) is 10.6 Å². The Hall–Kier alpha value is -3.45. The first-order valence-electron chi connectivity index (χ1n) is 15.4. The standard InChI is InChI=1S/C31H41N5O6S2/c1-3-42-30(41)34-18-16-33(17-19-34)27-23(28(39)36-21-22(2)13-14-25(36)32-27)20-24-29(40)35(31(43)44-24)15-11-9-7-5-4-6-8-10-12-26(37)38/h13-14,20-21H,3-12,15-19H2,1-2H3,(H,37,38). The minimum atomic E-state index is -0.738. The van der Waals surface area contributed by atoms with Gasteiger partial charge in [0.15, 0.2) is 0 Å². The molecule has 11 nitrogen and oxygen atoms in total. The van der Waals surface area contributed by atoms with E-state index in [4.69, 9.17) is 27.0 Å². The second-order valence-electron chi connectivity index (χ2n) is 11.1. The van der Waals surface area contributed by atoms with E-state index in [0.29, 0.717) is 65.6 Å². The van der Waals surface area contributed by atoms with E-state index in [1.54, 1.807) is 35.1 Å². The van der Waals surface area contributed by atoms with Gasteiger partial charge < -0.3 is 19.6 Å². The molecule has 0 aromatic carbocycles. The van der Waals surface area contributed by atoms with Gasteiger partial charge in [0, 0.05) is 45.3 Å². The number of amides is 2. The number of aryl methyl sites for hydroxylation is 1. The summed E-state index contributed by atoms with van der Waals surface area (Å²) in [6.45, 7) is 6.31. The fourth-order valence-corrected chi connectivity index (χ4v) is 6.65. The smallest absolute Gasteiger partial charge is 0.409 e. The number of hydrogen-bond acceptors (Lipinski definition) is 9. The molecule has 0 bridgehead atoms. The van der Waals surface area contributed by atoms with Gasteiger partial charge in [0.2, 0.25) is 0 Å². The lowest BCUT2D eigenvalue weighted by molar-refractivity contribution is -0.137. The molecule has 0 aliphatic carbocycles. The molecule has 0 spiro atoms. The molecule has 2 aromatic heterocycles. The van der Waals surface area contributed by atoms with Gasteiger partial charge in [-0.25, -0.2) is 9.78 Å². The number of carboxylic acid groups (broad SMARTS) is 1. The highest BCUT2D eigenvalue weighted by atomic mass is 32.2. The molecule has 4 heterocycles. The molecule has 2 aliphatic rings.